The molecule has 2 aromatic rings. The van der Waals surface area contributed by atoms with Crippen LogP contribution in [-0.4, -0.2) is 53.8 Å². The number of ketones is 1. The topological polar surface area (TPSA) is 86.7 Å². The first-order chi connectivity index (χ1) is 16.2. The first kappa shape index (κ1) is 25.2. The lowest BCUT2D eigenvalue weighted by molar-refractivity contribution is -0.143. The van der Waals surface area contributed by atoms with E-state index in [1.165, 1.54) is 39.4 Å². The lowest BCUT2D eigenvalue weighted by atomic mass is 9.92. The van der Waals surface area contributed by atoms with Crippen molar-refractivity contribution in [1.29, 1.82) is 0 Å². The maximum Gasteiger partial charge on any atom is 0.254 e. The lowest BCUT2D eigenvalue weighted by Gasteiger charge is -2.35. The standard InChI is InChI=1S/C28H32N2O4/c1-19-17-24(19)16-13-21-8-5-20(6-9-21)7-10-22-11-14-23(15-12-22)26(33)30(4)28(2,25(32)18-31)27(34)29-3/h5-6,8-9,11-12,14-15,19,24,31H,13,16-18H2,1-4H3,(H,29,34)/t19?,24?,28-/m1/s1. The molecule has 0 heterocycles. The van der Waals surface area contributed by atoms with Crippen molar-refractivity contribution in [3.05, 3.63) is 70.8 Å². The quantitative estimate of drug-likeness (QED) is 0.469. The Balaban J connectivity index is 1.66. The minimum atomic E-state index is -1.82. The molecule has 178 valence electrons. The summed E-state index contributed by atoms with van der Waals surface area (Å²) in [7, 11) is 2.74. The molecular formula is C28H32N2O4. The van der Waals surface area contributed by atoms with Crippen LogP contribution in [0.4, 0.5) is 0 Å². The number of Topliss-reactive ketones (excluding diaryl/α,β-unsaturated/α-hetero) is 1. The Labute approximate surface area is 201 Å². The van der Waals surface area contributed by atoms with Gasteiger partial charge in [0, 0.05) is 30.8 Å². The Kier molecular flexibility index (Phi) is 7.90. The molecule has 6 heteroatoms. The van der Waals surface area contributed by atoms with Crippen molar-refractivity contribution in [2.24, 2.45) is 11.8 Å². The summed E-state index contributed by atoms with van der Waals surface area (Å²) in [5, 5.41) is 11.7. The first-order valence-electron chi connectivity index (χ1n) is 11.6. The Morgan fingerprint density at radius 1 is 1.06 bits per heavy atom. The number of aliphatic hydroxyl groups is 1. The fraction of sp³-hybridized carbons (Fsp3) is 0.393. The van der Waals surface area contributed by atoms with E-state index in [1.54, 1.807) is 24.3 Å². The number of hydrogen-bond acceptors (Lipinski definition) is 4. The SMILES string of the molecule is CNC(=O)[C@@](C)(C(=O)CO)N(C)C(=O)c1ccc(C#Cc2ccc(CCC3CC3C)cc2)cc1. The second-order valence-corrected chi connectivity index (χ2v) is 9.13. The number of nitrogens with one attached hydrogen (secondary N) is 1. The van der Waals surface area contributed by atoms with Gasteiger partial charge in [0.05, 0.1) is 0 Å². The van der Waals surface area contributed by atoms with E-state index in [4.69, 9.17) is 0 Å². The van der Waals surface area contributed by atoms with Gasteiger partial charge in [-0.3, -0.25) is 14.4 Å². The monoisotopic (exact) mass is 460 g/mol. The normalized spacial score (nSPS) is 18.1. The van der Waals surface area contributed by atoms with E-state index in [0.717, 1.165) is 34.3 Å². The molecule has 2 N–H and O–H groups in total. The van der Waals surface area contributed by atoms with Crippen LogP contribution in [0.25, 0.3) is 0 Å². The Hall–Kier alpha value is -3.43. The van der Waals surface area contributed by atoms with Crippen molar-refractivity contribution < 1.29 is 19.5 Å². The van der Waals surface area contributed by atoms with Crippen molar-refractivity contribution in [3.63, 3.8) is 0 Å². The minimum absolute atomic E-state index is 0.309. The van der Waals surface area contributed by atoms with Crippen molar-refractivity contribution in [3.8, 4) is 11.8 Å². The van der Waals surface area contributed by atoms with Gasteiger partial charge in [0.2, 0.25) is 0 Å². The molecule has 3 atom stereocenters. The highest BCUT2D eigenvalue weighted by molar-refractivity contribution is 6.14. The fourth-order valence-corrected chi connectivity index (χ4v) is 4.01. The van der Waals surface area contributed by atoms with Crippen molar-refractivity contribution in [1.82, 2.24) is 10.2 Å². The number of aliphatic hydroxyl groups excluding tert-OH is 1. The van der Waals surface area contributed by atoms with Crippen LogP contribution in [0.5, 0.6) is 0 Å². The van der Waals surface area contributed by atoms with Crippen LogP contribution >= 0.6 is 0 Å². The molecule has 2 aromatic carbocycles. The van der Waals surface area contributed by atoms with Gasteiger partial charge in [-0.2, -0.15) is 0 Å². The summed E-state index contributed by atoms with van der Waals surface area (Å²) in [4.78, 5) is 38.6. The number of benzene rings is 2. The maximum atomic E-state index is 12.9. The summed E-state index contributed by atoms with van der Waals surface area (Å²) >= 11 is 0. The highest BCUT2D eigenvalue weighted by atomic mass is 16.3. The molecule has 3 rings (SSSR count). The molecule has 2 unspecified atom stereocenters. The van der Waals surface area contributed by atoms with Crippen molar-refractivity contribution in [2.75, 3.05) is 20.7 Å². The zero-order chi connectivity index (χ0) is 24.9. The van der Waals surface area contributed by atoms with Crippen LogP contribution in [0, 0.1) is 23.7 Å². The number of rotatable bonds is 8. The molecule has 0 spiro atoms. The van der Waals surface area contributed by atoms with Crippen LogP contribution in [-0.2, 0) is 16.0 Å². The van der Waals surface area contributed by atoms with E-state index < -0.39 is 29.7 Å². The van der Waals surface area contributed by atoms with Gasteiger partial charge in [-0.05, 0) is 80.0 Å². The number of nitrogens with zero attached hydrogens (tertiary/aromatic N) is 1. The number of carbonyl (C=O) groups excluding carboxylic acids is 3. The average molecular weight is 461 g/mol. The molecule has 0 saturated heterocycles. The van der Waals surface area contributed by atoms with Gasteiger partial charge in [0.15, 0.2) is 11.3 Å². The van der Waals surface area contributed by atoms with Crippen LogP contribution in [0.3, 0.4) is 0 Å². The minimum Gasteiger partial charge on any atom is -0.388 e. The van der Waals surface area contributed by atoms with Gasteiger partial charge < -0.3 is 15.3 Å². The maximum absolute atomic E-state index is 12.9. The van der Waals surface area contributed by atoms with Crippen molar-refractivity contribution >= 4 is 17.6 Å². The Morgan fingerprint density at radius 3 is 2.06 bits per heavy atom. The predicted octanol–water partition coefficient (Wildman–Crippen LogP) is 2.81. The van der Waals surface area contributed by atoms with Crippen LogP contribution in [0.15, 0.2) is 48.5 Å². The van der Waals surface area contributed by atoms with Gasteiger partial charge in [0.1, 0.15) is 6.61 Å². The largest absolute Gasteiger partial charge is 0.388 e. The average Bonchev–Trinajstić information content (AvgIpc) is 3.59. The molecule has 0 radical (unpaired) electrons. The second kappa shape index (κ2) is 10.7. The Bertz CT molecular complexity index is 1090. The molecule has 1 saturated carbocycles. The third-order valence-electron chi connectivity index (χ3n) is 6.85. The molecule has 6 nitrogen and oxygen atoms in total. The third-order valence-corrected chi connectivity index (χ3v) is 6.85. The van der Waals surface area contributed by atoms with E-state index in [2.05, 4.69) is 36.2 Å². The van der Waals surface area contributed by atoms with Gasteiger partial charge in [-0.15, -0.1) is 0 Å². The van der Waals surface area contributed by atoms with Crippen LogP contribution in [0.2, 0.25) is 0 Å². The molecule has 0 aliphatic heterocycles. The van der Waals surface area contributed by atoms with E-state index in [1.807, 2.05) is 12.1 Å². The number of aryl methyl sites for hydroxylation is 1. The highest BCUT2D eigenvalue weighted by Gasteiger charge is 2.46. The molecule has 1 fully saturated rings. The highest BCUT2D eigenvalue weighted by Crippen LogP contribution is 2.41. The molecule has 34 heavy (non-hydrogen) atoms. The van der Waals surface area contributed by atoms with Gasteiger partial charge >= 0.3 is 0 Å². The van der Waals surface area contributed by atoms with Gasteiger partial charge in [0.25, 0.3) is 11.8 Å². The number of amides is 2. The summed E-state index contributed by atoms with van der Waals surface area (Å²) in [6, 6.07) is 15.0. The zero-order valence-electron chi connectivity index (χ0n) is 20.2. The Morgan fingerprint density at radius 2 is 1.59 bits per heavy atom. The zero-order valence-corrected chi connectivity index (χ0v) is 20.2. The molecular weight excluding hydrogens is 428 g/mol. The van der Waals surface area contributed by atoms with Crippen molar-refractivity contribution in [2.45, 2.75) is 38.6 Å². The molecule has 2 amide bonds. The predicted molar refractivity (Wildman–Crippen MR) is 131 cm³/mol. The van der Waals surface area contributed by atoms with E-state index >= 15 is 0 Å². The number of carbonyl (C=O) groups is 3. The van der Waals surface area contributed by atoms with Crippen LogP contribution < -0.4 is 5.32 Å². The summed E-state index contributed by atoms with van der Waals surface area (Å²) in [5.41, 5.74) is 1.49. The third kappa shape index (κ3) is 5.55. The first-order valence-corrected chi connectivity index (χ1v) is 11.6. The van der Waals surface area contributed by atoms with Crippen LogP contribution in [0.1, 0.15) is 53.7 Å². The lowest BCUT2D eigenvalue weighted by Crippen LogP contribution is -2.62. The summed E-state index contributed by atoms with van der Waals surface area (Å²) in [5.74, 6) is 6.07. The van der Waals surface area contributed by atoms with E-state index in [0.29, 0.717) is 5.56 Å². The summed E-state index contributed by atoms with van der Waals surface area (Å²) in [6.45, 7) is 2.78. The summed E-state index contributed by atoms with van der Waals surface area (Å²) in [6.07, 6.45) is 3.72. The molecule has 0 bridgehead atoms. The molecule has 1 aliphatic carbocycles. The molecule has 0 aromatic heterocycles. The smallest absolute Gasteiger partial charge is 0.254 e. The van der Waals surface area contributed by atoms with Gasteiger partial charge in [-0.1, -0.05) is 30.9 Å². The van der Waals surface area contributed by atoms with E-state index in [9.17, 15) is 19.5 Å². The van der Waals surface area contributed by atoms with E-state index in [-0.39, 0.29) is 0 Å². The van der Waals surface area contributed by atoms with Gasteiger partial charge in [-0.25, -0.2) is 0 Å². The number of hydrogen-bond donors (Lipinski definition) is 2. The number of likely N-dealkylation sites (N-methyl/N-ethyl adjacent to an activating group) is 2. The summed E-state index contributed by atoms with van der Waals surface area (Å²) < 4.78 is 0. The molecule has 1 aliphatic rings. The fourth-order valence-electron chi connectivity index (χ4n) is 4.01. The second-order valence-electron chi connectivity index (χ2n) is 9.13.